The number of halogens is 1. The molecule has 0 amide bonds. The smallest absolute Gasteiger partial charge is 0.112 e. The highest BCUT2D eigenvalue weighted by Gasteiger charge is 2.15. The number of aryl methyl sites for hydroxylation is 1. The van der Waals surface area contributed by atoms with E-state index in [-0.39, 0.29) is 0 Å². The fourth-order valence-electron chi connectivity index (χ4n) is 2.39. The molecule has 3 rings (SSSR count). The molecule has 1 unspecified atom stereocenters. The van der Waals surface area contributed by atoms with Crippen molar-refractivity contribution in [2.24, 2.45) is 0 Å². The molecule has 0 fully saturated rings. The number of aliphatic hydroxyl groups is 1. The van der Waals surface area contributed by atoms with Crippen LogP contribution in [0.15, 0.2) is 53.9 Å². The van der Waals surface area contributed by atoms with Crippen LogP contribution in [0, 0.1) is 6.92 Å². The Morgan fingerprint density at radius 3 is 2.70 bits per heavy atom. The molecule has 0 saturated heterocycles. The molecule has 0 bridgehead atoms. The van der Waals surface area contributed by atoms with E-state index in [0.717, 1.165) is 27.5 Å². The Balaban J connectivity index is 1.85. The van der Waals surface area contributed by atoms with E-state index >= 15 is 0 Å². The van der Waals surface area contributed by atoms with E-state index in [9.17, 15) is 5.11 Å². The van der Waals surface area contributed by atoms with Crippen LogP contribution in [-0.4, -0.2) is 10.1 Å². The lowest BCUT2D eigenvalue weighted by atomic mass is 10.00. The average Bonchev–Trinajstić information content (AvgIpc) is 2.99. The molecular formula is C18H17ClN2OS. The van der Waals surface area contributed by atoms with Crippen molar-refractivity contribution in [2.45, 2.75) is 19.6 Å². The summed E-state index contributed by atoms with van der Waals surface area (Å²) in [7, 11) is 0. The van der Waals surface area contributed by atoms with Crippen molar-refractivity contribution in [2.75, 3.05) is 5.32 Å². The van der Waals surface area contributed by atoms with E-state index in [0.29, 0.717) is 11.6 Å². The number of nitrogens with one attached hydrogen (secondary N) is 1. The van der Waals surface area contributed by atoms with Crippen LogP contribution in [0.3, 0.4) is 0 Å². The number of aromatic nitrogens is 1. The van der Waals surface area contributed by atoms with Crippen molar-refractivity contribution in [1.82, 2.24) is 4.98 Å². The second-order valence-electron chi connectivity index (χ2n) is 5.28. The van der Waals surface area contributed by atoms with E-state index < -0.39 is 6.10 Å². The van der Waals surface area contributed by atoms with E-state index in [1.807, 2.05) is 54.8 Å². The molecule has 2 N–H and O–H groups in total. The Bertz CT molecular complexity index is 789. The van der Waals surface area contributed by atoms with Crippen LogP contribution in [0.4, 0.5) is 5.69 Å². The van der Waals surface area contributed by atoms with Crippen molar-refractivity contribution in [1.29, 1.82) is 0 Å². The predicted octanol–water partition coefficient (Wildman–Crippen LogP) is 4.80. The van der Waals surface area contributed by atoms with Gasteiger partial charge in [0.15, 0.2) is 0 Å². The quantitative estimate of drug-likeness (QED) is 0.698. The van der Waals surface area contributed by atoms with Crippen LogP contribution < -0.4 is 5.32 Å². The van der Waals surface area contributed by atoms with Crippen molar-refractivity contribution in [3.8, 4) is 0 Å². The number of hydrogen-bond donors (Lipinski definition) is 2. The summed E-state index contributed by atoms with van der Waals surface area (Å²) in [5.41, 5.74) is 3.48. The molecule has 0 aliphatic carbocycles. The summed E-state index contributed by atoms with van der Waals surface area (Å²) in [5, 5.41) is 17.7. The number of rotatable bonds is 5. The average molecular weight is 345 g/mol. The third-order valence-corrected chi connectivity index (χ3v) is 4.72. The van der Waals surface area contributed by atoms with E-state index in [1.165, 1.54) is 0 Å². The Labute approximate surface area is 144 Å². The maximum Gasteiger partial charge on any atom is 0.112 e. The predicted molar refractivity (Wildman–Crippen MR) is 96.1 cm³/mol. The van der Waals surface area contributed by atoms with Gasteiger partial charge in [0, 0.05) is 27.3 Å². The number of thiazole rings is 1. The van der Waals surface area contributed by atoms with Gasteiger partial charge in [-0.15, -0.1) is 11.3 Å². The maximum atomic E-state index is 10.7. The van der Waals surface area contributed by atoms with E-state index in [4.69, 9.17) is 11.6 Å². The van der Waals surface area contributed by atoms with Gasteiger partial charge < -0.3 is 10.4 Å². The molecule has 3 nitrogen and oxygen atoms in total. The zero-order valence-corrected chi connectivity index (χ0v) is 14.2. The molecule has 1 atom stereocenters. The van der Waals surface area contributed by atoms with Gasteiger partial charge in [0.1, 0.15) is 11.1 Å². The summed E-state index contributed by atoms with van der Waals surface area (Å²) in [4.78, 5) is 4.44. The SMILES string of the molecule is Cc1csc(CNc2ccc(Cl)cc2C(O)c2ccccc2)n1. The Morgan fingerprint density at radius 2 is 2.00 bits per heavy atom. The van der Waals surface area contributed by atoms with Crippen molar-refractivity contribution in [3.05, 3.63) is 80.8 Å². The number of aliphatic hydroxyl groups excluding tert-OH is 1. The highest BCUT2D eigenvalue weighted by Crippen LogP contribution is 2.31. The van der Waals surface area contributed by atoms with Gasteiger partial charge in [-0.05, 0) is 30.7 Å². The molecule has 1 heterocycles. The largest absolute Gasteiger partial charge is 0.384 e. The Kier molecular flexibility index (Phi) is 4.96. The second-order valence-corrected chi connectivity index (χ2v) is 6.66. The zero-order valence-electron chi connectivity index (χ0n) is 12.7. The summed E-state index contributed by atoms with van der Waals surface area (Å²) >= 11 is 7.74. The fourth-order valence-corrected chi connectivity index (χ4v) is 3.28. The van der Waals surface area contributed by atoms with E-state index in [1.54, 1.807) is 17.4 Å². The van der Waals surface area contributed by atoms with Crippen molar-refractivity contribution in [3.63, 3.8) is 0 Å². The molecule has 23 heavy (non-hydrogen) atoms. The maximum absolute atomic E-state index is 10.7. The summed E-state index contributed by atoms with van der Waals surface area (Å²) < 4.78 is 0. The molecule has 3 aromatic rings. The van der Waals surface area contributed by atoms with Gasteiger partial charge in [-0.3, -0.25) is 0 Å². The summed E-state index contributed by atoms with van der Waals surface area (Å²) in [5.74, 6) is 0. The highest BCUT2D eigenvalue weighted by molar-refractivity contribution is 7.09. The third-order valence-electron chi connectivity index (χ3n) is 3.52. The second kappa shape index (κ2) is 7.13. The number of anilines is 1. The minimum absolute atomic E-state index is 0.602. The van der Waals surface area contributed by atoms with Gasteiger partial charge in [-0.25, -0.2) is 4.98 Å². The minimum Gasteiger partial charge on any atom is -0.384 e. The molecule has 0 aliphatic rings. The van der Waals surface area contributed by atoms with Crippen LogP contribution in [0.1, 0.15) is 27.9 Å². The monoisotopic (exact) mass is 344 g/mol. The van der Waals surface area contributed by atoms with Crippen LogP contribution in [0.25, 0.3) is 0 Å². The molecule has 1 aromatic heterocycles. The lowest BCUT2D eigenvalue weighted by Crippen LogP contribution is -2.07. The molecular weight excluding hydrogens is 328 g/mol. The standard InChI is InChI=1S/C18H17ClN2OS/c1-12-11-23-17(21-12)10-20-16-8-7-14(19)9-15(16)18(22)13-5-3-2-4-6-13/h2-9,11,18,20,22H,10H2,1H3. The first-order valence-corrected chi connectivity index (χ1v) is 8.56. The first-order valence-electron chi connectivity index (χ1n) is 7.31. The first kappa shape index (κ1) is 16.0. The number of nitrogens with zero attached hydrogens (tertiary/aromatic N) is 1. The molecule has 5 heteroatoms. The summed E-state index contributed by atoms with van der Waals surface area (Å²) in [6.45, 7) is 2.60. The van der Waals surface area contributed by atoms with Gasteiger partial charge in [-0.2, -0.15) is 0 Å². The minimum atomic E-state index is -0.726. The van der Waals surface area contributed by atoms with Crippen LogP contribution >= 0.6 is 22.9 Å². The molecule has 0 radical (unpaired) electrons. The van der Waals surface area contributed by atoms with Crippen LogP contribution in [0.5, 0.6) is 0 Å². The van der Waals surface area contributed by atoms with E-state index in [2.05, 4.69) is 10.3 Å². The molecule has 0 spiro atoms. The van der Waals surface area contributed by atoms with Crippen molar-refractivity contribution < 1.29 is 5.11 Å². The fraction of sp³-hybridized carbons (Fsp3) is 0.167. The Hall–Kier alpha value is -1.88. The topological polar surface area (TPSA) is 45.1 Å². The van der Waals surface area contributed by atoms with Gasteiger partial charge in [0.25, 0.3) is 0 Å². The van der Waals surface area contributed by atoms with Gasteiger partial charge >= 0.3 is 0 Å². The Morgan fingerprint density at radius 1 is 1.22 bits per heavy atom. The lowest BCUT2D eigenvalue weighted by molar-refractivity contribution is 0.221. The molecule has 2 aromatic carbocycles. The van der Waals surface area contributed by atoms with Gasteiger partial charge in [0.2, 0.25) is 0 Å². The summed E-state index contributed by atoms with van der Waals surface area (Å²) in [6.07, 6.45) is -0.726. The van der Waals surface area contributed by atoms with Gasteiger partial charge in [0.05, 0.1) is 6.54 Å². The zero-order chi connectivity index (χ0) is 16.2. The number of benzene rings is 2. The lowest BCUT2D eigenvalue weighted by Gasteiger charge is -2.17. The molecule has 118 valence electrons. The van der Waals surface area contributed by atoms with Crippen molar-refractivity contribution >= 4 is 28.6 Å². The molecule has 0 saturated carbocycles. The van der Waals surface area contributed by atoms with Crippen LogP contribution in [0.2, 0.25) is 5.02 Å². The third kappa shape index (κ3) is 3.91. The summed E-state index contributed by atoms with van der Waals surface area (Å²) in [6, 6.07) is 15.1. The van der Waals surface area contributed by atoms with Crippen LogP contribution in [-0.2, 0) is 6.54 Å². The number of hydrogen-bond acceptors (Lipinski definition) is 4. The highest BCUT2D eigenvalue weighted by atomic mass is 35.5. The normalized spacial score (nSPS) is 12.1. The molecule has 0 aliphatic heterocycles. The van der Waals surface area contributed by atoms with Gasteiger partial charge in [-0.1, -0.05) is 41.9 Å². The first-order chi connectivity index (χ1) is 11.1.